The molecule has 2 aliphatic rings. The molecular weight excluding hydrogens is 506 g/mol. The first-order valence-corrected chi connectivity index (χ1v) is 13.4. The van der Waals surface area contributed by atoms with Crippen LogP contribution in [0, 0.1) is 11.3 Å². The predicted octanol–water partition coefficient (Wildman–Crippen LogP) is 4.93. The zero-order valence-corrected chi connectivity index (χ0v) is 22.9. The Bertz CT molecular complexity index is 1190. The molecule has 1 unspecified atom stereocenters. The average Bonchev–Trinajstić information content (AvgIpc) is 3.13. The van der Waals surface area contributed by atoms with Gasteiger partial charge in [0.2, 0.25) is 0 Å². The van der Waals surface area contributed by atoms with E-state index in [4.69, 9.17) is 16.7 Å². The Kier molecular flexibility index (Phi) is 8.04. The number of rotatable bonds is 7. The number of aliphatic hydroxyl groups excluding tert-OH is 1. The molecule has 0 radical (unpaired) electrons. The molecule has 38 heavy (non-hydrogen) atoms. The first-order valence-electron chi connectivity index (χ1n) is 13.0. The zero-order chi connectivity index (χ0) is 27.7. The molecule has 1 spiro atoms. The van der Waals surface area contributed by atoms with Crippen molar-refractivity contribution < 1.29 is 24.6 Å². The van der Waals surface area contributed by atoms with Gasteiger partial charge >= 0.3 is 12.0 Å². The van der Waals surface area contributed by atoms with Crippen LogP contribution >= 0.6 is 11.6 Å². The number of aliphatic hydroxyl groups is 1. The summed E-state index contributed by atoms with van der Waals surface area (Å²) in [5.41, 5.74) is 1.96. The Hall–Kier alpha value is -3.10. The molecule has 0 bridgehead atoms. The van der Waals surface area contributed by atoms with Crippen LogP contribution in [-0.2, 0) is 11.3 Å². The highest BCUT2D eigenvalue weighted by Gasteiger charge is 2.52. The second-order valence-electron chi connectivity index (χ2n) is 11.6. The Morgan fingerprint density at radius 3 is 2.37 bits per heavy atom. The number of carbonyl (C=O) groups is 3. The topological polar surface area (TPSA) is 110 Å². The fraction of sp³-hybridized carbons (Fsp3) is 0.483. The summed E-state index contributed by atoms with van der Waals surface area (Å²) in [6.07, 6.45) is 2.29. The van der Waals surface area contributed by atoms with Crippen molar-refractivity contribution in [2.45, 2.75) is 64.6 Å². The van der Waals surface area contributed by atoms with Crippen molar-refractivity contribution in [1.29, 1.82) is 0 Å². The van der Waals surface area contributed by atoms with E-state index in [1.165, 1.54) is 0 Å². The van der Waals surface area contributed by atoms with Crippen molar-refractivity contribution in [3.63, 3.8) is 0 Å². The molecule has 1 saturated carbocycles. The molecule has 1 aliphatic carbocycles. The Morgan fingerprint density at radius 2 is 1.79 bits per heavy atom. The molecule has 1 aliphatic heterocycles. The summed E-state index contributed by atoms with van der Waals surface area (Å²) in [5, 5.41) is 21.2. The number of nitrogens with one attached hydrogen (secondary N) is 1. The maximum atomic E-state index is 13.8. The number of halogens is 1. The largest absolute Gasteiger partial charge is 0.479 e. The molecule has 1 saturated heterocycles. The van der Waals surface area contributed by atoms with Crippen molar-refractivity contribution in [3.8, 4) is 0 Å². The number of anilines is 1. The van der Waals surface area contributed by atoms with Gasteiger partial charge in [0.1, 0.15) is 0 Å². The van der Waals surface area contributed by atoms with E-state index in [0.717, 1.165) is 36.9 Å². The molecule has 2 fully saturated rings. The van der Waals surface area contributed by atoms with Gasteiger partial charge in [-0.1, -0.05) is 50.6 Å². The minimum Gasteiger partial charge on any atom is -0.479 e. The van der Waals surface area contributed by atoms with Gasteiger partial charge in [-0.3, -0.25) is 9.69 Å². The number of carboxylic acid groups (broad SMARTS) is 1. The molecule has 1 atom stereocenters. The Balaban J connectivity index is 1.53. The van der Waals surface area contributed by atoms with Crippen LogP contribution in [0.5, 0.6) is 0 Å². The lowest BCUT2D eigenvalue weighted by Crippen LogP contribution is -2.50. The maximum Gasteiger partial charge on any atom is 0.334 e. The van der Waals surface area contributed by atoms with E-state index >= 15 is 0 Å². The summed E-state index contributed by atoms with van der Waals surface area (Å²) in [6, 6.07) is 14.3. The summed E-state index contributed by atoms with van der Waals surface area (Å²) in [4.78, 5) is 40.8. The third-order valence-corrected chi connectivity index (χ3v) is 8.28. The van der Waals surface area contributed by atoms with Crippen LogP contribution in [0.15, 0.2) is 48.5 Å². The quantitative estimate of drug-likeness (QED) is 0.460. The van der Waals surface area contributed by atoms with E-state index in [9.17, 15) is 19.5 Å². The maximum absolute atomic E-state index is 13.8. The third-order valence-electron chi connectivity index (χ3n) is 8.05. The first-order chi connectivity index (χ1) is 17.9. The number of carbonyl (C=O) groups excluding carboxylic acids is 2. The fourth-order valence-electron chi connectivity index (χ4n) is 5.65. The number of hydrogen-bond acceptors (Lipinski definition) is 4. The van der Waals surface area contributed by atoms with E-state index in [1.807, 2.05) is 40.1 Å². The minimum atomic E-state index is -1.66. The number of benzene rings is 2. The van der Waals surface area contributed by atoms with Crippen LogP contribution in [0.4, 0.5) is 10.5 Å². The molecule has 3 N–H and O–H groups in total. The van der Waals surface area contributed by atoms with Gasteiger partial charge in [0.15, 0.2) is 6.10 Å². The molecule has 1 heterocycles. The molecule has 9 heteroatoms. The summed E-state index contributed by atoms with van der Waals surface area (Å²) in [6.45, 7) is 7.49. The standard InChI is InChI=1S/C29H36ClN3O5/c1-28(2,3)21-11-13-29(14-12-21)18-32(23-6-4-5-22(30)15-23)27(38)33(29)17-19-7-9-20(10-8-19)25(35)31-16-24(34)26(36)37/h4-10,15,21,24,34H,11-14,16-18H2,1-3H3,(H,31,35)(H,36,37). The molecule has 2 aromatic rings. The second kappa shape index (κ2) is 10.9. The van der Waals surface area contributed by atoms with Crippen molar-refractivity contribution in [2.75, 3.05) is 18.0 Å². The van der Waals surface area contributed by atoms with E-state index in [1.54, 1.807) is 18.2 Å². The van der Waals surface area contributed by atoms with Crippen molar-refractivity contribution in [2.24, 2.45) is 11.3 Å². The first kappa shape index (κ1) is 27.9. The number of hydrogen-bond donors (Lipinski definition) is 3. The van der Waals surface area contributed by atoms with Gasteiger partial charge in [-0.05, 0) is 72.9 Å². The van der Waals surface area contributed by atoms with Crippen LogP contribution in [-0.4, -0.2) is 57.8 Å². The van der Waals surface area contributed by atoms with Crippen LogP contribution < -0.4 is 10.2 Å². The molecule has 0 aromatic heterocycles. The minimum absolute atomic E-state index is 0.0500. The number of aliphatic carboxylic acids is 1. The van der Waals surface area contributed by atoms with Gasteiger partial charge in [-0.15, -0.1) is 0 Å². The van der Waals surface area contributed by atoms with Crippen LogP contribution in [0.25, 0.3) is 0 Å². The number of urea groups is 1. The van der Waals surface area contributed by atoms with Gasteiger partial charge < -0.3 is 20.4 Å². The summed E-state index contributed by atoms with van der Waals surface area (Å²) in [7, 11) is 0. The SMILES string of the molecule is CC(C)(C)C1CCC2(CC1)CN(c1cccc(Cl)c1)C(=O)N2Cc1ccc(C(=O)NCC(O)C(=O)O)cc1. The third kappa shape index (κ3) is 5.97. The van der Waals surface area contributed by atoms with E-state index < -0.39 is 18.0 Å². The van der Waals surface area contributed by atoms with Gasteiger partial charge in [-0.2, -0.15) is 0 Å². The van der Waals surface area contributed by atoms with Crippen LogP contribution in [0.1, 0.15) is 62.4 Å². The Labute approximate surface area is 228 Å². The molecule has 8 nitrogen and oxygen atoms in total. The Morgan fingerprint density at radius 1 is 1.13 bits per heavy atom. The van der Waals surface area contributed by atoms with Crippen molar-refractivity contribution in [1.82, 2.24) is 10.2 Å². The molecule has 3 amide bonds. The zero-order valence-electron chi connectivity index (χ0n) is 22.1. The van der Waals surface area contributed by atoms with Crippen LogP contribution in [0.3, 0.4) is 0 Å². The summed E-state index contributed by atoms with van der Waals surface area (Å²) < 4.78 is 0. The monoisotopic (exact) mass is 541 g/mol. The van der Waals surface area contributed by atoms with E-state index in [-0.39, 0.29) is 23.5 Å². The van der Waals surface area contributed by atoms with Gasteiger partial charge in [-0.25, -0.2) is 9.59 Å². The summed E-state index contributed by atoms with van der Waals surface area (Å²) in [5.74, 6) is -1.27. The van der Waals surface area contributed by atoms with Gasteiger partial charge in [0, 0.05) is 22.8 Å². The van der Waals surface area contributed by atoms with Gasteiger partial charge in [0.25, 0.3) is 5.91 Å². The van der Waals surface area contributed by atoms with Crippen molar-refractivity contribution in [3.05, 3.63) is 64.7 Å². The molecular formula is C29H36ClN3O5. The molecule has 204 valence electrons. The number of carboxylic acids is 1. The normalized spacial score (nSPS) is 22.6. The fourth-order valence-corrected chi connectivity index (χ4v) is 5.83. The predicted molar refractivity (Wildman–Crippen MR) is 146 cm³/mol. The van der Waals surface area contributed by atoms with Crippen molar-refractivity contribution >= 4 is 35.2 Å². The molecule has 2 aromatic carbocycles. The van der Waals surface area contributed by atoms with E-state index in [0.29, 0.717) is 29.6 Å². The second-order valence-corrected chi connectivity index (χ2v) is 12.0. The van der Waals surface area contributed by atoms with Crippen LogP contribution in [0.2, 0.25) is 5.02 Å². The lowest BCUT2D eigenvalue weighted by Gasteiger charge is -2.45. The number of amides is 3. The lowest BCUT2D eigenvalue weighted by atomic mass is 9.67. The summed E-state index contributed by atoms with van der Waals surface area (Å²) >= 11 is 6.25. The highest BCUT2D eigenvalue weighted by molar-refractivity contribution is 6.30. The van der Waals surface area contributed by atoms with E-state index in [2.05, 4.69) is 26.1 Å². The highest BCUT2D eigenvalue weighted by Crippen LogP contribution is 2.47. The highest BCUT2D eigenvalue weighted by atomic mass is 35.5. The number of nitrogens with zero attached hydrogens (tertiary/aromatic N) is 2. The smallest absolute Gasteiger partial charge is 0.334 e. The van der Waals surface area contributed by atoms with Gasteiger partial charge in [0.05, 0.1) is 18.6 Å². The average molecular weight is 542 g/mol. The molecule has 4 rings (SSSR count). The lowest BCUT2D eigenvalue weighted by molar-refractivity contribution is -0.146.